The number of anilines is 2. The molecule has 4 nitrogen and oxygen atoms in total. The van der Waals surface area contributed by atoms with E-state index >= 15 is 0 Å². The molecule has 0 aliphatic heterocycles. The fraction of sp³-hybridized carbons (Fsp3) is 0.0625. The Kier molecular flexibility index (Phi) is 3.31. The zero-order chi connectivity index (χ0) is 14.8. The second-order valence-corrected chi connectivity index (χ2v) is 4.79. The molecule has 0 saturated carbocycles. The number of hydrogen-bond acceptors (Lipinski definition) is 2. The highest BCUT2D eigenvalue weighted by Gasteiger charge is 2.09. The molecule has 3 rings (SSSR count). The number of nitrogens with two attached hydrogens (primary N) is 1. The minimum Gasteiger partial charge on any atom is -0.399 e. The summed E-state index contributed by atoms with van der Waals surface area (Å²) >= 11 is 0. The van der Waals surface area contributed by atoms with Crippen molar-refractivity contribution in [1.29, 1.82) is 0 Å². The number of carbonyl (C=O) groups is 1. The van der Waals surface area contributed by atoms with Crippen LogP contribution >= 0.6 is 0 Å². The summed E-state index contributed by atoms with van der Waals surface area (Å²) in [4.78, 5) is 12.0. The summed E-state index contributed by atoms with van der Waals surface area (Å²) in [7, 11) is 0. The van der Waals surface area contributed by atoms with Gasteiger partial charge < -0.3 is 15.6 Å². The van der Waals surface area contributed by atoms with Crippen LogP contribution in [0.15, 0.2) is 54.7 Å². The van der Waals surface area contributed by atoms with Gasteiger partial charge in [-0.25, -0.2) is 4.39 Å². The molecule has 1 aromatic heterocycles. The summed E-state index contributed by atoms with van der Waals surface area (Å²) in [5.74, 6) is -0.809. The standard InChI is InChI=1S/C16H14FN3O/c17-13-6-5-12(18)9-14(13)19-16(21)10-20-8-7-11-3-1-2-4-15(11)20/h1-9H,10,18H2,(H,19,21). The molecule has 1 amide bonds. The lowest BCUT2D eigenvalue weighted by molar-refractivity contribution is -0.116. The minimum absolute atomic E-state index is 0.0939. The first-order valence-electron chi connectivity index (χ1n) is 6.52. The van der Waals surface area contributed by atoms with Gasteiger partial charge in [0.2, 0.25) is 5.91 Å². The average molecular weight is 283 g/mol. The molecule has 21 heavy (non-hydrogen) atoms. The Morgan fingerprint density at radius 1 is 1.19 bits per heavy atom. The van der Waals surface area contributed by atoms with E-state index in [0.717, 1.165) is 10.9 Å². The fourth-order valence-corrected chi connectivity index (χ4v) is 2.26. The van der Waals surface area contributed by atoms with Crippen LogP contribution in [0.3, 0.4) is 0 Å². The molecule has 3 N–H and O–H groups in total. The number of hydrogen-bond donors (Lipinski definition) is 2. The Hall–Kier alpha value is -2.82. The highest BCUT2D eigenvalue weighted by molar-refractivity contribution is 5.92. The van der Waals surface area contributed by atoms with Crippen LogP contribution in [0.2, 0.25) is 0 Å². The molecule has 0 spiro atoms. The number of para-hydroxylation sites is 1. The van der Waals surface area contributed by atoms with E-state index in [-0.39, 0.29) is 18.1 Å². The van der Waals surface area contributed by atoms with Crippen molar-refractivity contribution in [3.8, 4) is 0 Å². The van der Waals surface area contributed by atoms with Gasteiger partial charge in [-0.1, -0.05) is 18.2 Å². The van der Waals surface area contributed by atoms with Gasteiger partial charge in [0.05, 0.1) is 5.69 Å². The van der Waals surface area contributed by atoms with Gasteiger partial charge in [-0.3, -0.25) is 4.79 Å². The summed E-state index contributed by atoms with van der Waals surface area (Å²) in [5, 5.41) is 3.60. The predicted octanol–water partition coefficient (Wildman–Crippen LogP) is 3.00. The second kappa shape index (κ2) is 5.28. The van der Waals surface area contributed by atoms with Crippen LogP contribution in [0, 0.1) is 5.82 Å². The first-order chi connectivity index (χ1) is 10.1. The van der Waals surface area contributed by atoms with Gasteiger partial charge in [0.25, 0.3) is 0 Å². The lowest BCUT2D eigenvalue weighted by Gasteiger charge is -2.09. The third kappa shape index (κ3) is 2.72. The Morgan fingerprint density at radius 3 is 2.86 bits per heavy atom. The summed E-state index contributed by atoms with van der Waals surface area (Å²) in [5.41, 5.74) is 7.04. The van der Waals surface area contributed by atoms with E-state index in [1.54, 1.807) is 0 Å². The molecule has 0 aliphatic carbocycles. The van der Waals surface area contributed by atoms with Crippen molar-refractivity contribution >= 4 is 28.2 Å². The number of amides is 1. The average Bonchev–Trinajstić information content (AvgIpc) is 2.86. The maximum atomic E-state index is 13.6. The molecule has 0 saturated heterocycles. The molecular weight excluding hydrogens is 269 g/mol. The molecule has 0 fully saturated rings. The van der Waals surface area contributed by atoms with Gasteiger partial charge in [0.15, 0.2) is 0 Å². The van der Waals surface area contributed by atoms with Crippen molar-refractivity contribution in [1.82, 2.24) is 4.57 Å². The quantitative estimate of drug-likeness (QED) is 0.726. The normalized spacial score (nSPS) is 10.7. The second-order valence-electron chi connectivity index (χ2n) is 4.79. The van der Waals surface area contributed by atoms with Crippen molar-refractivity contribution in [2.75, 3.05) is 11.1 Å². The Labute approximate surface area is 121 Å². The molecule has 2 aromatic carbocycles. The van der Waals surface area contributed by atoms with Crippen LogP contribution in [0.1, 0.15) is 0 Å². The maximum absolute atomic E-state index is 13.6. The number of halogens is 1. The monoisotopic (exact) mass is 283 g/mol. The zero-order valence-electron chi connectivity index (χ0n) is 11.2. The molecule has 0 radical (unpaired) electrons. The Morgan fingerprint density at radius 2 is 2.00 bits per heavy atom. The summed E-state index contributed by atoms with van der Waals surface area (Å²) in [6, 6.07) is 13.8. The smallest absolute Gasteiger partial charge is 0.244 e. The SMILES string of the molecule is Nc1ccc(F)c(NC(=O)Cn2ccc3ccccc32)c1. The summed E-state index contributed by atoms with van der Waals surface area (Å²) < 4.78 is 15.4. The van der Waals surface area contributed by atoms with Crippen LogP contribution in [0.5, 0.6) is 0 Å². The highest BCUT2D eigenvalue weighted by atomic mass is 19.1. The first kappa shape index (κ1) is 13.2. The van der Waals surface area contributed by atoms with Gasteiger partial charge in [0, 0.05) is 17.4 Å². The van der Waals surface area contributed by atoms with E-state index in [9.17, 15) is 9.18 Å². The number of aromatic nitrogens is 1. The van der Waals surface area contributed by atoms with Crippen molar-refractivity contribution in [3.63, 3.8) is 0 Å². The predicted molar refractivity (Wildman–Crippen MR) is 81.4 cm³/mol. The number of nitrogen functional groups attached to an aromatic ring is 1. The maximum Gasteiger partial charge on any atom is 0.244 e. The lowest BCUT2D eigenvalue weighted by atomic mass is 10.2. The third-order valence-electron chi connectivity index (χ3n) is 3.26. The first-order valence-corrected chi connectivity index (χ1v) is 6.52. The van der Waals surface area contributed by atoms with Crippen molar-refractivity contribution < 1.29 is 9.18 Å². The highest BCUT2D eigenvalue weighted by Crippen LogP contribution is 2.18. The largest absolute Gasteiger partial charge is 0.399 e. The van der Waals surface area contributed by atoms with E-state index in [2.05, 4.69) is 5.32 Å². The fourth-order valence-electron chi connectivity index (χ4n) is 2.26. The van der Waals surface area contributed by atoms with Gasteiger partial charge >= 0.3 is 0 Å². The number of benzene rings is 2. The van der Waals surface area contributed by atoms with Crippen LogP contribution in [0.4, 0.5) is 15.8 Å². The van der Waals surface area contributed by atoms with Crippen molar-refractivity contribution in [2.45, 2.75) is 6.54 Å². The van der Waals surface area contributed by atoms with E-state index in [1.165, 1.54) is 18.2 Å². The molecule has 0 unspecified atom stereocenters. The van der Waals surface area contributed by atoms with Crippen molar-refractivity contribution in [3.05, 3.63) is 60.5 Å². The van der Waals surface area contributed by atoms with E-state index < -0.39 is 5.82 Å². The summed E-state index contributed by atoms with van der Waals surface area (Å²) in [6.45, 7) is 0.113. The van der Waals surface area contributed by atoms with E-state index in [0.29, 0.717) is 5.69 Å². The number of nitrogens with one attached hydrogen (secondary N) is 1. The molecule has 1 heterocycles. The molecule has 0 atom stereocenters. The molecule has 0 aliphatic rings. The van der Waals surface area contributed by atoms with Gasteiger partial charge in [-0.2, -0.15) is 0 Å². The molecule has 0 bridgehead atoms. The van der Waals surface area contributed by atoms with E-state index in [4.69, 9.17) is 5.73 Å². The van der Waals surface area contributed by atoms with Gasteiger partial charge in [-0.15, -0.1) is 0 Å². The molecule has 3 aromatic rings. The lowest BCUT2D eigenvalue weighted by Crippen LogP contribution is -2.19. The van der Waals surface area contributed by atoms with Crippen LogP contribution in [-0.4, -0.2) is 10.5 Å². The summed E-state index contributed by atoms with van der Waals surface area (Å²) in [6.07, 6.45) is 1.83. The number of carbonyl (C=O) groups excluding carboxylic acids is 1. The number of nitrogens with zero attached hydrogens (tertiary/aromatic N) is 1. The number of fused-ring (bicyclic) bond motifs is 1. The van der Waals surface area contributed by atoms with E-state index in [1.807, 2.05) is 41.1 Å². The topological polar surface area (TPSA) is 60.0 Å². The van der Waals surface area contributed by atoms with Crippen LogP contribution in [0.25, 0.3) is 10.9 Å². The number of rotatable bonds is 3. The Balaban J connectivity index is 1.79. The molecular formula is C16H14FN3O. The van der Waals surface area contributed by atoms with Crippen LogP contribution in [-0.2, 0) is 11.3 Å². The van der Waals surface area contributed by atoms with Gasteiger partial charge in [0.1, 0.15) is 12.4 Å². The van der Waals surface area contributed by atoms with Crippen LogP contribution < -0.4 is 11.1 Å². The van der Waals surface area contributed by atoms with Gasteiger partial charge in [-0.05, 0) is 35.7 Å². The Bertz CT molecular complexity index is 810. The minimum atomic E-state index is -0.505. The molecule has 5 heteroatoms. The zero-order valence-corrected chi connectivity index (χ0v) is 11.2. The molecule has 106 valence electrons. The van der Waals surface area contributed by atoms with Crippen molar-refractivity contribution in [2.24, 2.45) is 0 Å². The third-order valence-corrected chi connectivity index (χ3v) is 3.26.